The highest BCUT2D eigenvalue weighted by molar-refractivity contribution is 6.30. The fraction of sp³-hybridized carbons (Fsp3) is 0. The third-order valence-corrected chi connectivity index (χ3v) is 2.31. The van der Waals surface area contributed by atoms with E-state index in [0.717, 1.165) is 4.68 Å². The molecule has 2 rings (SSSR count). The van der Waals surface area contributed by atoms with Gasteiger partial charge in [0, 0.05) is 5.02 Å². The van der Waals surface area contributed by atoms with E-state index < -0.39 is 0 Å². The molecule has 0 saturated heterocycles. The summed E-state index contributed by atoms with van der Waals surface area (Å²) in [6.07, 6.45) is 2.82. The average Bonchev–Trinajstić information content (AvgIpc) is 2.74. The lowest BCUT2D eigenvalue weighted by molar-refractivity contribution is 0.306. The van der Waals surface area contributed by atoms with Crippen molar-refractivity contribution in [1.82, 2.24) is 9.78 Å². The Hall–Kier alpha value is -2.05. The first-order valence-electron chi connectivity index (χ1n) is 4.71. The first-order valence-corrected chi connectivity index (χ1v) is 5.09. The number of anilines is 2. The SMILES string of the molecule is N=C(N(O)c1cccc(Cl)c1)n1cc(N)cn1. The molecule has 0 unspecified atom stereocenters. The van der Waals surface area contributed by atoms with Gasteiger partial charge in [0.25, 0.3) is 0 Å². The maximum Gasteiger partial charge on any atom is 0.248 e. The van der Waals surface area contributed by atoms with Crippen LogP contribution in [0.4, 0.5) is 11.4 Å². The van der Waals surface area contributed by atoms with Crippen molar-refractivity contribution in [3.05, 3.63) is 41.7 Å². The fourth-order valence-corrected chi connectivity index (χ4v) is 1.46. The third-order valence-electron chi connectivity index (χ3n) is 2.07. The second-order valence-corrected chi connectivity index (χ2v) is 3.77. The predicted molar refractivity (Wildman–Crippen MR) is 65.5 cm³/mol. The molecule has 0 radical (unpaired) electrons. The van der Waals surface area contributed by atoms with Crippen LogP contribution in [0.15, 0.2) is 36.7 Å². The monoisotopic (exact) mass is 251 g/mol. The molecule has 0 aliphatic heterocycles. The molecule has 1 heterocycles. The van der Waals surface area contributed by atoms with Crippen LogP contribution < -0.4 is 10.8 Å². The number of hydrogen-bond acceptors (Lipinski definition) is 4. The Morgan fingerprint density at radius 3 is 2.88 bits per heavy atom. The molecule has 17 heavy (non-hydrogen) atoms. The van der Waals surface area contributed by atoms with Gasteiger partial charge in [0.15, 0.2) is 0 Å². The summed E-state index contributed by atoms with van der Waals surface area (Å²) < 4.78 is 1.15. The Morgan fingerprint density at radius 2 is 2.29 bits per heavy atom. The zero-order valence-corrected chi connectivity index (χ0v) is 9.46. The molecule has 0 saturated carbocycles. The second-order valence-electron chi connectivity index (χ2n) is 3.33. The quantitative estimate of drug-likeness (QED) is 0.409. The maximum absolute atomic E-state index is 9.82. The van der Waals surface area contributed by atoms with Gasteiger partial charge in [-0.25, -0.2) is 4.68 Å². The summed E-state index contributed by atoms with van der Waals surface area (Å²) in [5.41, 5.74) is 6.26. The standard InChI is InChI=1S/C10H10ClN5O/c11-7-2-1-3-9(4-7)16(17)10(13)15-6-8(12)5-14-15/h1-6,13,17H,12H2. The van der Waals surface area contributed by atoms with Gasteiger partial charge in [-0.15, -0.1) is 0 Å². The third kappa shape index (κ3) is 2.38. The van der Waals surface area contributed by atoms with E-state index in [2.05, 4.69) is 5.10 Å². The summed E-state index contributed by atoms with van der Waals surface area (Å²) in [7, 11) is 0. The normalized spacial score (nSPS) is 10.2. The molecule has 1 aromatic carbocycles. The molecule has 6 nitrogen and oxygen atoms in total. The van der Waals surface area contributed by atoms with E-state index in [1.807, 2.05) is 0 Å². The first-order chi connectivity index (χ1) is 8.08. The summed E-state index contributed by atoms with van der Waals surface area (Å²) in [6.45, 7) is 0. The molecule has 88 valence electrons. The first kappa shape index (κ1) is 11.4. The van der Waals surface area contributed by atoms with E-state index in [1.54, 1.807) is 18.2 Å². The minimum absolute atomic E-state index is 0.246. The number of rotatable bonds is 1. The van der Waals surface area contributed by atoms with Crippen molar-refractivity contribution in [2.75, 3.05) is 10.8 Å². The minimum Gasteiger partial charge on any atom is -0.396 e. The van der Waals surface area contributed by atoms with Crippen molar-refractivity contribution < 1.29 is 5.21 Å². The highest BCUT2D eigenvalue weighted by Gasteiger charge is 2.12. The highest BCUT2D eigenvalue weighted by atomic mass is 35.5. The Bertz CT molecular complexity index is 553. The van der Waals surface area contributed by atoms with E-state index in [0.29, 0.717) is 21.5 Å². The smallest absolute Gasteiger partial charge is 0.248 e. The van der Waals surface area contributed by atoms with E-state index in [9.17, 15) is 5.21 Å². The summed E-state index contributed by atoms with van der Waals surface area (Å²) in [5.74, 6) is -0.246. The zero-order valence-electron chi connectivity index (χ0n) is 8.71. The molecule has 0 aliphatic carbocycles. The van der Waals surface area contributed by atoms with Crippen LogP contribution in [0.25, 0.3) is 0 Å². The van der Waals surface area contributed by atoms with Crippen molar-refractivity contribution in [2.24, 2.45) is 0 Å². The number of nitrogens with two attached hydrogens (primary N) is 1. The molecule has 0 atom stereocenters. The number of hydrogen-bond donors (Lipinski definition) is 3. The van der Waals surface area contributed by atoms with Crippen LogP contribution in [0.5, 0.6) is 0 Å². The van der Waals surface area contributed by atoms with E-state index in [-0.39, 0.29) is 5.96 Å². The average molecular weight is 252 g/mol. The number of aromatic nitrogens is 2. The highest BCUT2D eigenvalue weighted by Crippen LogP contribution is 2.18. The lowest BCUT2D eigenvalue weighted by atomic mass is 10.3. The molecular weight excluding hydrogens is 242 g/mol. The molecule has 0 aliphatic rings. The van der Waals surface area contributed by atoms with Crippen molar-refractivity contribution in [2.45, 2.75) is 0 Å². The number of nitrogens with zero attached hydrogens (tertiary/aromatic N) is 3. The van der Waals surface area contributed by atoms with Crippen LogP contribution >= 0.6 is 11.6 Å². The topological polar surface area (TPSA) is 91.2 Å². The van der Waals surface area contributed by atoms with Gasteiger partial charge in [-0.05, 0) is 18.2 Å². The van der Waals surface area contributed by atoms with Gasteiger partial charge in [0.05, 0.1) is 23.8 Å². The van der Waals surface area contributed by atoms with Crippen LogP contribution in [0.1, 0.15) is 0 Å². The number of halogens is 1. The van der Waals surface area contributed by atoms with Gasteiger partial charge in [-0.2, -0.15) is 10.2 Å². The second kappa shape index (κ2) is 4.44. The van der Waals surface area contributed by atoms with E-state index >= 15 is 0 Å². The lowest BCUT2D eigenvalue weighted by Gasteiger charge is -2.17. The van der Waals surface area contributed by atoms with Crippen molar-refractivity contribution in [3.63, 3.8) is 0 Å². The number of benzene rings is 1. The molecule has 7 heteroatoms. The van der Waals surface area contributed by atoms with Crippen molar-refractivity contribution >= 4 is 28.9 Å². The molecule has 2 aromatic rings. The largest absolute Gasteiger partial charge is 0.396 e. The Labute approximate surface area is 102 Å². The summed E-state index contributed by atoms with van der Waals surface area (Å²) >= 11 is 5.79. The molecule has 0 bridgehead atoms. The van der Waals surface area contributed by atoms with Gasteiger partial charge in [0.2, 0.25) is 5.96 Å². The zero-order chi connectivity index (χ0) is 12.4. The van der Waals surface area contributed by atoms with E-state index in [1.165, 1.54) is 18.5 Å². The fourth-order valence-electron chi connectivity index (χ4n) is 1.28. The predicted octanol–water partition coefficient (Wildman–Crippen LogP) is 1.80. The van der Waals surface area contributed by atoms with Gasteiger partial charge in [-0.1, -0.05) is 17.7 Å². The minimum atomic E-state index is -0.246. The number of hydroxylamine groups is 1. The van der Waals surface area contributed by atoms with Gasteiger partial charge in [-0.3, -0.25) is 10.6 Å². The van der Waals surface area contributed by atoms with Crippen LogP contribution in [0.2, 0.25) is 5.02 Å². The van der Waals surface area contributed by atoms with Crippen LogP contribution in [0, 0.1) is 5.41 Å². The van der Waals surface area contributed by atoms with Gasteiger partial charge in [0.1, 0.15) is 0 Å². The number of nitrogen functional groups attached to an aromatic ring is 1. The molecule has 0 fully saturated rings. The van der Waals surface area contributed by atoms with Crippen LogP contribution in [0.3, 0.4) is 0 Å². The summed E-state index contributed by atoms with van der Waals surface area (Å²) in [4.78, 5) is 0. The molecule has 0 amide bonds. The maximum atomic E-state index is 9.82. The molecule has 0 spiro atoms. The van der Waals surface area contributed by atoms with Crippen molar-refractivity contribution in [3.8, 4) is 0 Å². The molecular formula is C10H10ClN5O. The lowest BCUT2D eigenvalue weighted by Crippen LogP contribution is -2.32. The Morgan fingerprint density at radius 1 is 1.53 bits per heavy atom. The Balaban J connectivity index is 2.26. The van der Waals surface area contributed by atoms with Gasteiger partial charge >= 0.3 is 0 Å². The molecule has 1 aromatic heterocycles. The molecule has 4 N–H and O–H groups in total. The van der Waals surface area contributed by atoms with Crippen LogP contribution in [-0.2, 0) is 0 Å². The Kier molecular flexibility index (Phi) is 2.99. The van der Waals surface area contributed by atoms with E-state index in [4.69, 9.17) is 22.7 Å². The van der Waals surface area contributed by atoms with Crippen molar-refractivity contribution in [1.29, 1.82) is 5.41 Å². The summed E-state index contributed by atoms with van der Waals surface area (Å²) in [6, 6.07) is 6.50. The summed E-state index contributed by atoms with van der Waals surface area (Å²) in [5, 5.41) is 22.5. The van der Waals surface area contributed by atoms with Gasteiger partial charge < -0.3 is 5.73 Å². The van der Waals surface area contributed by atoms with Crippen LogP contribution in [-0.4, -0.2) is 20.9 Å². The number of nitrogens with one attached hydrogen (secondary N) is 1.